The summed E-state index contributed by atoms with van der Waals surface area (Å²) in [5.41, 5.74) is -0.921. The SMILES string of the molecule is O=c1c(=O)n2c(nn1CC1CCCCC1)CO[C@]1(CCN(Cc3ccccc3F)C1)C2. The Morgan fingerprint density at radius 1 is 1.10 bits per heavy atom. The molecular formula is C23H29FN4O3. The van der Waals surface area contributed by atoms with E-state index in [0.29, 0.717) is 43.5 Å². The van der Waals surface area contributed by atoms with Crippen LogP contribution >= 0.6 is 0 Å². The molecule has 1 saturated heterocycles. The molecule has 5 rings (SSSR count). The Labute approximate surface area is 180 Å². The number of nitrogens with zero attached hydrogens (tertiary/aromatic N) is 4. The number of aromatic nitrogens is 3. The molecule has 0 N–H and O–H groups in total. The Hall–Kier alpha value is -2.32. The molecule has 0 amide bonds. The molecule has 1 spiro atoms. The van der Waals surface area contributed by atoms with E-state index in [-0.39, 0.29) is 12.4 Å². The number of hydrogen-bond acceptors (Lipinski definition) is 5. The van der Waals surface area contributed by atoms with Gasteiger partial charge in [-0.1, -0.05) is 37.5 Å². The fourth-order valence-electron chi connectivity index (χ4n) is 5.32. The number of fused-ring (bicyclic) bond motifs is 1. The van der Waals surface area contributed by atoms with Gasteiger partial charge in [0.25, 0.3) is 0 Å². The summed E-state index contributed by atoms with van der Waals surface area (Å²) in [6.07, 6.45) is 6.51. The van der Waals surface area contributed by atoms with Gasteiger partial charge in [-0.3, -0.25) is 19.1 Å². The lowest BCUT2D eigenvalue weighted by atomic mass is 9.89. The van der Waals surface area contributed by atoms with E-state index in [1.165, 1.54) is 34.6 Å². The minimum atomic E-state index is -0.536. The van der Waals surface area contributed by atoms with Crippen molar-refractivity contribution in [1.29, 1.82) is 0 Å². The number of hydrogen-bond donors (Lipinski definition) is 0. The van der Waals surface area contributed by atoms with Crippen molar-refractivity contribution in [3.63, 3.8) is 0 Å². The van der Waals surface area contributed by atoms with Crippen molar-refractivity contribution >= 4 is 0 Å². The molecule has 1 atom stereocenters. The van der Waals surface area contributed by atoms with Gasteiger partial charge in [0.05, 0.1) is 6.54 Å². The predicted molar refractivity (Wildman–Crippen MR) is 113 cm³/mol. The summed E-state index contributed by atoms with van der Waals surface area (Å²) in [5, 5.41) is 4.50. The number of rotatable bonds is 4. The lowest BCUT2D eigenvalue weighted by Crippen LogP contribution is -2.53. The second kappa shape index (κ2) is 8.31. The first-order valence-corrected chi connectivity index (χ1v) is 11.3. The van der Waals surface area contributed by atoms with E-state index in [1.54, 1.807) is 12.1 Å². The molecule has 1 saturated carbocycles. The average molecular weight is 429 g/mol. The highest BCUT2D eigenvalue weighted by molar-refractivity contribution is 5.17. The Morgan fingerprint density at radius 3 is 2.71 bits per heavy atom. The standard InChI is InChI=1S/C23H29FN4O3/c24-19-9-5-4-8-18(19)13-26-11-10-23(15-26)16-27-20(14-31-23)25-28(22(30)21(27)29)12-17-6-2-1-3-7-17/h4-5,8-9,17H,1-3,6-7,10-16H2/t23-/m0/s1. The van der Waals surface area contributed by atoms with Crippen LogP contribution in [0.15, 0.2) is 33.9 Å². The van der Waals surface area contributed by atoms with Crippen molar-refractivity contribution in [3.8, 4) is 0 Å². The molecule has 7 nitrogen and oxygen atoms in total. The van der Waals surface area contributed by atoms with Crippen molar-refractivity contribution in [1.82, 2.24) is 19.2 Å². The average Bonchev–Trinajstić information content (AvgIpc) is 3.17. The van der Waals surface area contributed by atoms with Gasteiger partial charge >= 0.3 is 11.1 Å². The Kier molecular flexibility index (Phi) is 5.52. The smallest absolute Gasteiger partial charge is 0.332 e. The van der Waals surface area contributed by atoms with E-state index in [9.17, 15) is 14.0 Å². The maximum absolute atomic E-state index is 14.0. The maximum Gasteiger partial charge on any atom is 0.332 e. The molecule has 3 heterocycles. The second-order valence-electron chi connectivity index (χ2n) is 9.32. The van der Waals surface area contributed by atoms with Crippen LogP contribution in [-0.4, -0.2) is 37.9 Å². The molecule has 1 aromatic heterocycles. The molecular weight excluding hydrogens is 399 g/mol. The first-order valence-electron chi connectivity index (χ1n) is 11.3. The number of halogens is 1. The Bertz CT molecular complexity index is 1080. The third-order valence-corrected chi connectivity index (χ3v) is 7.07. The van der Waals surface area contributed by atoms with Crippen LogP contribution in [0.1, 0.15) is 49.9 Å². The summed E-state index contributed by atoms with van der Waals surface area (Å²) in [7, 11) is 0. The molecule has 3 aliphatic rings. The predicted octanol–water partition coefficient (Wildman–Crippen LogP) is 2.30. The third kappa shape index (κ3) is 4.11. The molecule has 1 aliphatic carbocycles. The first-order chi connectivity index (χ1) is 15.0. The largest absolute Gasteiger partial charge is 0.364 e. The highest BCUT2D eigenvalue weighted by Crippen LogP contribution is 2.32. The van der Waals surface area contributed by atoms with Crippen molar-refractivity contribution < 1.29 is 9.13 Å². The fourth-order valence-corrected chi connectivity index (χ4v) is 5.32. The summed E-state index contributed by atoms with van der Waals surface area (Å²) < 4.78 is 23.1. The van der Waals surface area contributed by atoms with Crippen molar-refractivity contribution in [2.24, 2.45) is 5.92 Å². The van der Waals surface area contributed by atoms with Gasteiger partial charge in [-0.15, -0.1) is 0 Å². The summed E-state index contributed by atoms with van der Waals surface area (Å²) >= 11 is 0. The minimum absolute atomic E-state index is 0.211. The maximum atomic E-state index is 14.0. The molecule has 166 valence electrons. The van der Waals surface area contributed by atoms with Gasteiger partial charge in [0.2, 0.25) is 0 Å². The minimum Gasteiger partial charge on any atom is -0.364 e. The van der Waals surface area contributed by atoms with Crippen molar-refractivity contribution in [3.05, 3.63) is 62.2 Å². The van der Waals surface area contributed by atoms with Crippen LogP contribution in [0.3, 0.4) is 0 Å². The van der Waals surface area contributed by atoms with Gasteiger partial charge in [0, 0.05) is 31.7 Å². The van der Waals surface area contributed by atoms with Crippen molar-refractivity contribution in [2.75, 3.05) is 13.1 Å². The zero-order valence-electron chi connectivity index (χ0n) is 17.8. The van der Waals surface area contributed by atoms with Crippen LogP contribution in [0.4, 0.5) is 4.39 Å². The molecule has 8 heteroatoms. The quantitative estimate of drug-likeness (QED) is 0.699. The summed E-state index contributed by atoms with van der Waals surface area (Å²) in [6.45, 7) is 2.91. The molecule has 1 aromatic carbocycles. The van der Waals surface area contributed by atoms with E-state index in [0.717, 1.165) is 25.8 Å². The van der Waals surface area contributed by atoms with Gasteiger partial charge < -0.3 is 4.74 Å². The van der Waals surface area contributed by atoms with Crippen LogP contribution < -0.4 is 11.1 Å². The van der Waals surface area contributed by atoms with E-state index < -0.39 is 16.7 Å². The fraction of sp³-hybridized carbons (Fsp3) is 0.609. The number of benzene rings is 1. The van der Waals surface area contributed by atoms with Gasteiger partial charge in [-0.25, -0.2) is 9.07 Å². The highest BCUT2D eigenvalue weighted by atomic mass is 19.1. The lowest BCUT2D eigenvalue weighted by Gasteiger charge is -2.35. The van der Waals surface area contributed by atoms with Crippen LogP contribution in [0.2, 0.25) is 0 Å². The molecule has 0 unspecified atom stereocenters. The van der Waals surface area contributed by atoms with Gasteiger partial charge in [-0.2, -0.15) is 5.10 Å². The lowest BCUT2D eigenvalue weighted by molar-refractivity contribution is -0.0860. The zero-order chi connectivity index (χ0) is 21.4. The molecule has 0 radical (unpaired) electrons. The monoisotopic (exact) mass is 428 g/mol. The molecule has 2 aromatic rings. The van der Waals surface area contributed by atoms with Gasteiger partial charge in [0.15, 0.2) is 5.82 Å². The molecule has 2 fully saturated rings. The molecule has 2 aliphatic heterocycles. The van der Waals surface area contributed by atoms with Crippen LogP contribution in [0.5, 0.6) is 0 Å². The topological polar surface area (TPSA) is 69.4 Å². The van der Waals surface area contributed by atoms with E-state index in [1.807, 2.05) is 6.07 Å². The second-order valence-corrected chi connectivity index (χ2v) is 9.32. The third-order valence-electron chi connectivity index (χ3n) is 7.07. The number of ether oxygens (including phenoxy) is 1. The van der Waals surface area contributed by atoms with Gasteiger partial charge in [0.1, 0.15) is 18.0 Å². The Morgan fingerprint density at radius 2 is 1.90 bits per heavy atom. The first kappa shape index (κ1) is 20.6. The number of likely N-dealkylation sites (tertiary alicyclic amines) is 1. The van der Waals surface area contributed by atoms with Crippen LogP contribution in [0.25, 0.3) is 0 Å². The normalized spacial score (nSPS) is 24.5. The summed E-state index contributed by atoms with van der Waals surface area (Å²) in [6, 6.07) is 6.78. The highest BCUT2D eigenvalue weighted by Gasteiger charge is 2.43. The van der Waals surface area contributed by atoms with E-state index in [4.69, 9.17) is 4.74 Å². The van der Waals surface area contributed by atoms with Crippen LogP contribution in [-0.2, 0) is 31.0 Å². The van der Waals surface area contributed by atoms with Gasteiger partial charge in [-0.05, 0) is 31.2 Å². The molecule has 31 heavy (non-hydrogen) atoms. The zero-order valence-corrected chi connectivity index (χ0v) is 17.8. The van der Waals surface area contributed by atoms with E-state index in [2.05, 4.69) is 10.00 Å². The summed E-state index contributed by atoms with van der Waals surface area (Å²) in [4.78, 5) is 27.8. The van der Waals surface area contributed by atoms with Crippen molar-refractivity contribution in [2.45, 2.75) is 70.4 Å². The Balaban J connectivity index is 1.32. The summed E-state index contributed by atoms with van der Waals surface area (Å²) in [5.74, 6) is 0.731. The molecule has 0 bridgehead atoms. The van der Waals surface area contributed by atoms with Crippen LogP contribution in [0, 0.1) is 11.7 Å². The van der Waals surface area contributed by atoms with E-state index >= 15 is 0 Å².